The average molecular weight is 415 g/mol. The summed E-state index contributed by atoms with van der Waals surface area (Å²) >= 11 is 0. The number of amides is 2. The average Bonchev–Trinajstić information content (AvgIpc) is 2.75. The van der Waals surface area contributed by atoms with Crippen LogP contribution in [0.4, 0.5) is 11.4 Å². The maximum atomic E-state index is 13.8. The van der Waals surface area contributed by atoms with Gasteiger partial charge in [-0.3, -0.25) is 14.5 Å². The molecule has 2 heterocycles. The number of fused-ring (bicyclic) bond motifs is 1. The summed E-state index contributed by atoms with van der Waals surface area (Å²) in [6.45, 7) is 8.23. The summed E-state index contributed by atoms with van der Waals surface area (Å²) < 4.78 is 1.87. The normalized spacial score (nSPS) is 15.5. The summed E-state index contributed by atoms with van der Waals surface area (Å²) in [6, 6.07) is 16.9. The molecule has 0 saturated heterocycles. The highest BCUT2D eigenvalue weighted by molar-refractivity contribution is 6.06. The molecule has 5 heteroatoms. The van der Waals surface area contributed by atoms with E-state index < -0.39 is 6.04 Å². The summed E-state index contributed by atoms with van der Waals surface area (Å²) in [6.07, 6.45) is 2.64. The molecule has 1 atom stereocenters. The summed E-state index contributed by atoms with van der Waals surface area (Å²) in [4.78, 5) is 28.9. The van der Waals surface area contributed by atoms with Crippen LogP contribution in [0.5, 0.6) is 0 Å². The van der Waals surface area contributed by atoms with Gasteiger partial charge in [-0.15, -0.1) is 0 Å². The summed E-state index contributed by atoms with van der Waals surface area (Å²) in [5.74, 6) is -0.301. The summed E-state index contributed by atoms with van der Waals surface area (Å²) in [5, 5.41) is 3.12. The first kappa shape index (κ1) is 20.8. The molecule has 3 aromatic rings. The topological polar surface area (TPSA) is 53.3 Å². The number of carbonyl (C=O) groups is 2. The molecule has 2 amide bonds. The number of hydrogen-bond acceptors (Lipinski definition) is 2. The van der Waals surface area contributed by atoms with Gasteiger partial charge in [0.1, 0.15) is 0 Å². The molecule has 0 radical (unpaired) electrons. The number of rotatable bonds is 4. The lowest BCUT2D eigenvalue weighted by molar-refractivity contribution is -0.695. The maximum Gasteiger partial charge on any atom is 0.294 e. The first-order valence-electron chi connectivity index (χ1n) is 10.7. The van der Waals surface area contributed by atoms with Gasteiger partial charge >= 0.3 is 0 Å². The molecule has 31 heavy (non-hydrogen) atoms. The number of aryl methyl sites for hydroxylation is 4. The lowest BCUT2D eigenvalue weighted by atomic mass is 9.98. The molecule has 1 aromatic heterocycles. The van der Waals surface area contributed by atoms with E-state index in [0.717, 1.165) is 45.7 Å². The SMILES string of the molecule is CCc1cccc(C)c1N1C(=O)C[n+]2ccccc2C1C(=O)Nc1c(C)cccc1C. The molecule has 0 bridgehead atoms. The van der Waals surface area contributed by atoms with E-state index in [9.17, 15) is 9.59 Å². The Hall–Kier alpha value is -3.47. The van der Waals surface area contributed by atoms with Crippen LogP contribution in [-0.2, 0) is 22.6 Å². The second kappa shape index (κ2) is 8.34. The fourth-order valence-electron chi connectivity index (χ4n) is 4.44. The fourth-order valence-corrected chi connectivity index (χ4v) is 4.44. The van der Waals surface area contributed by atoms with Gasteiger partial charge in [-0.25, -0.2) is 0 Å². The standard InChI is InChI=1S/C26H27N3O2/c1-5-20-13-9-12-19(4)24(20)29-22(30)16-28-15-7-6-14-21(28)25(29)26(31)27-23-17(2)10-8-11-18(23)3/h6-15,25H,5,16H2,1-4H3/p+1. The van der Waals surface area contributed by atoms with Gasteiger partial charge in [0.2, 0.25) is 18.3 Å². The van der Waals surface area contributed by atoms with E-state index >= 15 is 0 Å². The van der Waals surface area contributed by atoms with Crippen LogP contribution in [-0.4, -0.2) is 11.8 Å². The number of para-hydroxylation sites is 2. The molecule has 1 aliphatic heterocycles. The Morgan fingerprint density at radius 2 is 1.68 bits per heavy atom. The van der Waals surface area contributed by atoms with Gasteiger partial charge in [0.15, 0.2) is 6.20 Å². The molecule has 0 fully saturated rings. The minimum atomic E-state index is -0.757. The van der Waals surface area contributed by atoms with Crippen molar-refractivity contribution < 1.29 is 14.2 Å². The Bertz CT molecular complexity index is 1150. The van der Waals surface area contributed by atoms with Crippen molar-refractivity contribution in [1.29, 1.82) is 0 Å². The third kappa shape index (κ3) is 3.72. The van der Waals surface area contributed by atoms with Crippen LogP contribution in [0, 0.1) is 20.8 Å². The monoisotopic (exact) mass is 414 g/mol. The van der Waals surface area contributed by atoms with E-state index in [1.54, 1.807) is 4.90 Å². The molecule has 0 spiro atoms. The molecule has 1 aliphatic rings. The molecular formula is C26H28N3O2+. The van der Waals surface area contributed by atoms with Gasteiger partial charge in [-0.1, -0.05) is 49.4 Å². The number of benzene rings is 2. The molecule has 1 N–H and O–H groups in total. The van der Waals surface area contributed by atoms with Crippen molar-refractivity contribution in [2.75, 3.05) is 10.2 Å². The van der Waals surface area contributed by atoms with E-state index in [1.807, 2.05) is 86.1 Å². The fraction of sp³-hybridized carbons (Fsp3) is 0.269. The van der Waals surface area contributed by atoms with Crippen LogP contribution in [0.25, 0.3) is 0 Å². The van der Waals surface area contributed by atoms with Crippen LogP contribution in [0.1, 0.15) is 40.9 Å². The zero-order chi connectivity index (χ0) is 22.1. The Morgan fingerprint density at radius 1 is 1.00 bits per heavy atom. The minimum Gasteiger partial charge on any atom is -0.323 e. The van der Waals surface area contributed by atoms with E-state index in [4.69, 9.17) is 0 Å². The van der Waals surface area contributed by atoms with Gasteiger partial charge < -0.3 is 5.32 Å². The van der Waals surface area contributed by atoms with Crippen molar-refractivity contribution in [3.63, 3.8) is 0 Å². The summed E-state index contributed by atoms with van der Waals surface area (Å²) in [5.41, 5.74) is 6.47. The number of anilines is 2. The quantitative estimate of drug-likeness (QED) is 0.651. The number of nitrogens with zero attached hydrogens (tertiary/aromatic N) is 2. The highest BCUT2D eigenvalue weighted by atomic mass is 16.2. The predicted molar refractivity (Wildman–Crippen MR) is 122 cm³/mol. The first-order valence-corrected chi connectivity index (χ1v) is 10.7. The molecule has 0 saturated carbocycles. The Morgan fingerprint density at radius 3 is 2.39 bits per heavy atom. The molecular weight excluding hydrogens is 386 g/mol. The Balaban J connectivity index is 1.87. The maximum absolute atomic E-state index is 13.8. The van der Waals surface area contributed by atoms with Crippen molar-refractivity contribution in [1.82, 2.24) is 0 Å². The number of hydrogen-bond donors (Lipinski definition) is 1. The molecule has 5 nitrogen and oxygen atoms in total. The number of carbonyl (C=O) groups excluding carboxylic acids is 2. The van der Waals surface area contributed by atoms with Crippen LogP contribution in [0.15, 0.2) is 60.8 Å². The van der Waals surface area contributed by atoms with E-state index in [2.05, 4.69) is 12.2 Å². The van der Waals surface area contributed by atoms with Crippen LogP contribution in [0.2, 0.25) is 0 Å². The second-order valence-corrected chi connectivity index (χ2v) is 8.11. The third-order valence-electron chi connectivity index (χ3n) is 6.01. The van der Waals surface area contributed by atoms with Gasteiger partial charge in [0.05, 0.1) is 5.69 Å². The molecule has 2 aromatic carbocycles. The minimum absolute atomic E-state index is 0.0886. The van der Waals surface area contributed by atoms with E-state index in [-0.39, 0.29) is 18.4 Å². The second-order valence-electron chi connectivity index (χ2n) is 8.11. The zero-order valence-corrected chi connectivity index (χ0v) is 18.5. The van der Waals surface area contributed by atoms with Crippen molar-refractivity contribution in [3.05, 3.63) is 88.7 Å². The molecule has 0 aliphatic carbocycles. The van der Waals surface area contributed by atoms with Gasteiger partial charge in [0.25, 0.3) is 11.8 Å². The molecule has 4 rings (SSSR count). The van der Waals surface area contributed by atoms with Crippen molar-refractivity contribution in [2.45, 2.75) is 46.7 Å². The first-order chi connectivity index (χ1) is 14.9. The van der Waals surface area contributed by atoms with E-state index in [0.29, 0.717) is 0 Å². The van der Waals surface area contributed by atoms with Gasteiger partial charge in [0, 0.05) is 17.8 Å². The van der Waals surface area contributed by atoms with Crippen molar-refractivity contribution >= 4 is 23.2 Å². The van der Waals surface area contributed by atoms with Crippen LogP contribution >= 0.6 is 0 Å². The number of nitrogens with one attached hydrogen (secondary N) is 1. The Kier molecular flexibility index (Phi) is 5.59. The lowest BCUT2D eigenvalue weighted by Gasteiger charge is -2.34. The highest BCUT2D eigenvalue weighted by Crippen LogP contribution is 2.35. The molecule has 1 unspecified atom stereocenters. The van der Waals surface area contributed by atoms with Crippen molar-refractivity contribution in [2.24, 2.45) is 0 Å². The van der Waals surface area contributed by atoms with Crippen LogP contribution in [0.3, 0.4) is 0 Å². The van der Waals surface area contributed by atoms with Gasteiger partial charge in [-0.05, 0) is 49.4 Å². The number of pyridine rings is 1. The zero-order valence-electron chi connectivity index (χ0n) is 18.5. The third-order valence-corrected chi connectivity index (χ3v) is 6.01. The lowest BCUT2D eigenvalue weighted by Crippen LogP contribution is -2.59. The largest absolute Gasteiger partial charge is 0.323 e. The van der Waals surface area contributed by atoms with E-state index in [1.165, 1.54) is 0 Å². The smallest absolute Gasteiger partial charge is 0.294 e. The van der Waals surface area contributed by atoms with Crippen molar-refractivity contribution in [3.8, 4) is 0 Å². The summed E-state index contributed by atoms with van der Waals surface area (Å²) in [7, 11) is 0. The highest BCUT2D eigenvalue weighted by Gasteiger charge is 2.44. The van der Waals surface area contributed by atoms with Crippen LogP contribution < -0.4 is 14.8 Å². The predicted octanol–water partition coefficient (Wildman–Crippen LogP) is 4.19. The number of aromatic nitrogens is 1. The van der Waals surface area contributed by atoms with Gasteiger partial charge in [-0.2, -0.15) is 4.57 Å². The Labute approximate surface area is 183 Å². The molecule has 158 valence electrons.